The summed E-state index contributed by atoms with van der Waals surface area (Å²) in [6.45, 7) is 0. The van der Waals surface area contributed by atoms with Crippen molar-refractivity contribution in [3.8, 4) is 45.3 Å². The van der Waals surface area contributed by atoms with Gasteiger partial charge in [-0.2, -0.15) is 0 Å². The van der Waals surface area contributed by atoms with Gasteiger partial charge in [-0.05, 0) is 72.8 Å². The molecule has 0 fully saturated rings. The van der Waals surface area contributed by atoms with Gasteiger partial charge in [0.15, 0.2) is 5.82 Å². The van der Waals surface area contributed by atoms with E-state index in [0.29, 0.717) is 5.82 Å². The van der Waals surface area contributed by atoms with Crippen LogP contribution in [0.3, 0.4) is 0 Å². The van der Waals surface area contributed by atoms with E-state index in [1.807, 2.05) is 36.5 Å². The fourth-order valence-corrected chi connectivity index (χ4v) is 7.28. The summed E-state index contributed by atoms with van der Waals surface area (Å²) >= 11 is 0. The second-order valence-electron chi connectivity index (χ2n) is 12.5. The Balaban J connectivity index is 1.10. The van der Waals surface area contributed by atoms with Gasteiger partial charge in [0.1, 0.15) is 0 Å². The monoisotopic (exact) mass is 639 g/mol. The number of hydrogen-bond donors (Lipinski definition) is 0. The van der Waals surface area contributed by atoms with Crippen LogP contribution in [0, 0.1) is 0 Å². The van der Waals surface area contributed by atoms with Crippen molar-refractivity contribution >= 4 is 43.6 Å². The molecule has 10 aromatic rings. The topological polar surface area (TPSA) is 48.5 Å². The van der Waals surface area contributed by atoms with Crippen LogP contribution >= 0.6 is 0 Å². The minimum Gasteiger partial charge on any atom is -0.316 e. The Morgan fingerprint density at radius 2 is 1.14 bits per heavy atom. The van der Waals surface area contributed by atoms with Gasteiger partial charge in [0.05, 0.1) is 33.5 Å². The molecular formula is C45H29N5. The van der Waals surface area contributed by atoms with Gasteiger partial charge in [-0.3, -0.25) is 4.98 Å². The molecule has 50 heavy (non-hydrogen) atoms. The van der Waals surface area contributed by atoms with E-state index in [4.69, 9.17) is 9.97 Å². The molecule has 0 saturated carbocycles. The first-order valence-electron chi connectivity index (χ1n) is 16.8. The summed E-state index contributed by atoms with van der Waals surface area (Å²) < 4.78 is 4.66. The fraction of sp³-hybridized carbons (Fsp3) is 0. The number of rotatable bonds is 5. The smallest absolute Gasteiger partial charge is 0.160 e. The van der Waals surface area contributed by atoms with Gasteiger partial charge in [-0.25, -0.2) is 9.97 Å². The van der Waals surface area contributed by atoms with Crippen LogP contribution in [0.2, 0.25) is 0 Å². The normalized spacial score (nSPS) is 11.6. The lowest BCUT2D eigenvalue weighted by Crippen LogP contribution is -1.97. The summed E-state index contributed by atoms with van der Waals surface area (Å²) in [5.74, 6) is 0.698. The predicted octanol–water partition coefficient (Wildman–Crippen LogP) is 11.1. The van der Waals surface area contributed by atoms with Gasteiger partial charge < -0.3 is 9.13 Å². The van der Waals surface area contributed by atoms with Crippen LogP contribution in [0.25, 0.3) is 88.9 Å². The van der Waals surface area contributed by atoms with Crippen molar-refractivity contribution in [3.63, 3.8) is 0 Å². The zero-order valence-corrected chi connectivity index (χ0v) is 27.0. The first kappa shape index (κ1) is 28.2. The number of fused-ring (bicyclic) bond motifs is 6. The van der Waals surface area contributed by atoms with Crippen molar-refractivity contribution in [1.82, 2.24) is 24.1 Å². The highest BCUT2D eigenvalue weighted by molar-refractivity contribution is 6.18. The maximum Gasteiger partial charge on any atom is 0.160 e. The van der Waals surface area contributed by atoms with Crippen molar-refractivity contribution in [1.29, 1.82) is 0 Å². The summed E-state index contributed by atoms with van der Waals surface area (Å²) in [5, 5.41) is 4.70. The molecule has 6 aromatic carbocycles. The lowest BCUT2D eigenvalue weighted by atomic mass is 10.0. The molecule has 0 atom stereocenters. The van der Waals surface area contributed by atoms with Gasteiger partial charge in [0.25, 0.3) is 0 Å². The minimum absolute atomic E-state index is 0.698. The van der Waals surface area contributed by atoms with E-state index in [2.05, 4.69) is 154 Å². The molecule has 0 unspecified atom stereocenters. The van der Waals surface area contributed by atoms with E-state index in [1.54, 1.807) is 0 Å². The second-order valence-corrected chi connectivity index (χ2v) is 12.5. The molecule has 0 aliphatic carbocycles. The lowest BCUT2D eigenvalue weighted by Gasteiger charge is -2.12. The van der Waals surface area contributed by atoms with E-state index in [0.717, 1.165) is 50.4 Å². The molecule has 234 valence electrons. The Hall–Kier alpha value is -6.85. The molecule has 5 nitrogen and oxygen atoms in total. The van der Waals surface area contributed by atoms with Crippen LogP contribution in [0.5, 0.6) is 0 Å². The molecule has 0 saturated heterocycles. The molecule has 0 spiro atoms. The van der Waals surface area contributed by atoms with E-state index in [9.17, 15) is 0 Å². The molecule has 5 heteroatoms. The average Bonchev–Trinajstić information content (AvgIpc) is 3.78. The largest absolute Gasteiger partial charge is 0.316 e. The third-order valence-electron chi connectivity index (χ3n) is 9.64. The number of pyridine rings is 1. The van der Waals surface area contributed by atoms with E-state index in [-0.39, 0.29) is 0 Å². The highest BCUT2D eigenvalue weighted by Crippen LogP contribution is 2.38. The summed E-state index contributed by atoms with van der Waals surface area (Å²) in [7, 11) is 0. The second kappa shape index (κ2) is 11.4. The molecule has 4 heterocycles. The average molecular weight is 640 g/mol. The Labute approximate surface area is 288 Å². The SMILES string of the molecule is c1ccc(-n2ccc3c2ccc2c4ccccc4n(-c4ccc(-c5nc(-c6ccc(-c7ccccn7)cc6)c6ccccc6n5)cc4)c23)cc1. The maximum absolute atomic E-state index is 5.17. The van der Waals surface area contributed by atoms with Crippen molar-refractivity contribution in [3.05, 3.63) is 176 Å². The molecule has 10 rings (SSSR count). The Morgan fingerprint density at radius 3 is 1.96 bits per heavy atom. The van der Waals surface area contributed by atoms with Crippen LogP contribution in [-0.2, 0) is 0 Å². The standard InChI is InChI=1S/C45H29N5/c1-2-10-33(11-3-1)49-29-27-38-41(49)26-25-36-35-12-5-7-16-42(35)50(44(36)38)34-23-21-32(22-24-34)45-47-40-15-6-4-13-37(40)43(48-45)31-19-17-30(18-20-31)39-14-8-9-28-46-39/h1-29H. The van der Waals surface area contributed by atoms with E-state index < -0.39 is 0 Å². The number of hydrogen-bond acceptors (Lipinski definition) is 3. The van der Waals surface area contributed by atoms with Crippen LogP contribution in [0.4, 0.5) is 0 Å². The molecule has 0 N–H and O–H groups in total. The number of nitrogens with zero attached hydrogens (tertiary/aromatic N) is 5. The Morgan fingerprint density at radius 1 is 0.420 bits per heavy atom. The van der Waals surface area contributed by atoms with Gasteiger partial charge in [0.2, 0.25) is 0 Å². The summed E-state index contributed by atoms with van der Waals surface area (Å²) in [5.41, 5.74) is 11.6. The fourth-order valence-electron chi connectivity index (χ4n) is 7.28. The van der Waals surface area contributed by atoms with E-state index in [1.165, 1.54) is 32.7 Å². The van der Waals surface area contributed by atoms with Gasteiger partial charge in [0, 0.05) is 62.0 Å². The Kier molecular flexibility index (Phi) is 6.42. The van der Waals surface area contributed by atoms with Crippen molar-refractivity contribution < 1.29 is 0 Å². The lowest BCUT2D eigenvalue weighted by molar-refractivity contribution is 1.13. The molecule has 4 aromatic heterocycles. The summed E-state index contributed by atoms with van der Waals surface area (Å²) in [4.78, 5) is 14.7. The molecular weight excluding hydrogens is 611 g/mol. The molecule has 0 bridgehead atoms. The van der Waals surface area contributed by atoms with Gasteiger partial charge in [-0.15, -0.1) is 0 Å². The van der Waals surface area contributed by atoms with Crippen molar-refractivity contribution in [2.75, 3.05) is 0 Å². The molecule has 0 amide bonds. The van der Waals surface area contributed by atoms with Crippen LogP contribution < -0.4 is 0 Å². The first-order valence-corrected chi connectivity index (χ1v) is 16.8. The third-order valence-corrected chi connectivity index (χ3v) is 9.64. The number of aromatic nitrogens is 5. The molecule has 0 radical (unpaired) electrons. The molecule has 0 aliphatic rings. The third kappa shape index (κ3) is 4.52. The highest BCUT2D eigenvalue weighted by atomic mass is 15.0. The van der Waals surface area contributed by atoms with Crippen molar-refractivity contribution in [2.24, 2.45) is 0 Å². The molecule has 0 aliphatic heterocycles. The summed E-state index contributed by atoms with van der Waals surface area (Å²) in [6, 6.07) is 57.3. The Bertz CT molecular complexity index is 2830. The quantitative estimate of drug-likeness (QED) is 0.188. The zero-order chi connectivity index (χ0) is 33.0. The maximum atomic E-state index is 5.17. The highest BCUT2D eigenvalue weighted by Gasteiger charge is 2.18. The van der Waals surface area contributed by atoms with Gasteiger partial charge >= 0.3 is 0 Å². The van der Waals surface area contributed by atoms with Crippen LogP contribution in [0.15, 0.2) is 176 Å². The van der Waals surface area contributed by atoms with E-state index >= 15 is 0 Å². The number of benzene rings is 6. The minimum atomic E-state index is 0.698. The summed E-state index contributed by atoms with van der Waals surface area (Å²) in [6.07, 6.45) is 3.99. The predicted molar refractivity (Wildman–Crippen MR) is 205 cm³/mol. The van der Waals surface area contributed by atoms with Crippen molar-refractivity contribution in [2.45, 2.75) is 0 Å². The number of para-hydroxylation sites is 3. The van der Waals surface area contributed by atoms with Crippen LogP contribution in [0.1, 0.15) is 0 Å². The zero-order valence-electron chi connectivity index (χ0n) is 27.0. The first-order chi connectivity index (χ1) is 24.8. The van der Waals surface area contributed by atoms with Crippen LogP contribution in [-0.4, -0.2) is 24.1 Å². The van der Waals surface area contributed by atoms with Gasteiger partial charge in [-0.1, -0.05) is 91.0 Å².